The number of hydrogen-bond acceptors (Lipinski definition) is 4. The summed E-state index contributed by atoms with van der Waals surface area (Å²) >= 11 is 5.92. The smallest absolute Gasteiger partial charge is 0.218 e. The third kappa shape index (κ3) is 3.05. The number of hydrogen-bond donors (Lipinski definition) is 0. The Labute approximate surface area is 113 Å². The van der Waals surface area contributed by atoms with E-state index in [4.69, 9.17) is 16.3 Å². The molecule has 1 fully saturated rings. The summed E-state index contributed by atoms with van der Waals surface area (Å²) < 4.78 is 5.22. The Kier molecular flexibility index (Phi) is 4.64. The monoisotopic (exact) mass is 269 g/mol. The van der Waals surface area contributed by atoms with Crippen LogP contribution in [-0.2, 0) is 0 Å². The molecule has 1 aliphatic carbocycles. The van der Waals surface area contributed by atoms with Crippen LogP contribution >= 0.6 is 11.6 Å². The first-order valence-corrected chi connectivity index (χ1v) is 7.00. The molecule has 0 aliphatic heterocycles. The van der Waals surface area contributed by atoms with Crippen molar-refractivity contribution < 1.29 is 4.74 Å². The van der Waals surface area contributed by atoms with Gasteiger partial charge in [0.15, 0.2) is 0 Å². The summed E-state index contributed by atoms with van der Waals surface area (Å²) in [5.74, 6) is 2.91. The Morgan fingerprint density at radius 1 is 1.39 bits per heavy atom. The first kappa shape index (κ1) is 13.4. The zero-order chi connectivity index (χ0) is 13.0. The molecule has 2 rings (SSSR count). The largest absolute Gasteiger partial charge is 0.481 e. The van der Waals surface area contributed by atoms with Gasteiger partial charge in [-0.2, -0.15) is 4.98 Å². The summed E-state index contributed by atoms with van der Waals surface area (Å²) in [6.07, 6.45) is 5.04. The molecule has 1 aromatic rings. The molecular weight excluding hydrogens is 250 g/mol. The van der Waals surface area contributed by atoms with Crippen molar-refractivity contribution in [3.63, 3.8) is 0 Å². The average Bonchev–Trinajstić information content (AvgIpc) is 2.88. The van der Waals surface area contributed by atoms with E-state index < -0.39 is 0 Å². The minimum Gasteiger partial charge on any atom is -0.481 e. The van der Waals surface area contributed by atoms with Crippen LogP contribution in [0.5, 0.6) is 5.88 Å². The highest BCUT2D eigenvalue weighted by Crippen LogP contribution is 2.28. The molecule has 0 aromatic carbocycles. The molecule has 0 radical (unpaired) electrons. The van der Waals surface area contributed by atoms with E-state index in [0.29, 0.717) is 17.8 Å². The predicted octanol–water partition coefficient (Wildman–Crippen LogP) is 2.78. The van der Waals surface area contributed by atoms with E-state index in [2.05, 4.69) is 14.9 Å². The molecular formula is C13H20ClN3O. The van der Waals surface area contributed by atoms with Crippen molar-refractivity contribution >= 4 is 17.4 Å². The first-order valence-electron chi connectivity index (χ1n) is 6.47. The van der Waals surface area contributed by atoms with Crippen LogP contribution in [0.15, 0.2) is 6.07 Å². The highest BCUT2D eigenvalue weighted by atomic mass is 35.5. The van der Waals surface area contributed by atoms with E-state index >= 15 is 0 Å². The molecule has 1 aromatic heterocycles. The van der Waals surface area contributed by atoms with Crippen molar-refractivity contribution in [3.8, 4) is 5.88 Å². The van der Waals surface area contributed by atoms with Gasteiger partial charge in [-0.05, 0) is 19.8 Å². The lowest BCUT2D eigenvalue weighted by Crippen LogP contribution is -2.35. The summed E-state index contributed by atoms with van der Waals surface area (Å²) in [4.78, 5) is 11.1. The van der Waals surface area contributed by atoms with E-state index in [1.807, 2.05) is 13.0 Å². The first-order chi connectivity index (χ1) is 8.74. The van der Waals surface area contributed by atoms with Gasteiger partial charge < -0.3 is 9.64 Å². The third-order valence-corrected chi connectivity index (χ3v) is 3.56. The van der Waals surface area contributed by atoms with E-state index in [0.717, 1.165) is 18.2 Å². The minimum atomic E-state index is 0.558. The predicted molar refractivity (Wildman–Crippen MR) is 73.6 cm³/mol. The lowest BCUT2D eigenvalue weighted by Gasteiger charge is -2.29. The molecule has 0 bridgehead atoms. The number of rotatable bonds is 5. The molecule has 1 heterocycles. The zero-order valence-corrected chi connectivity index (χ0v) is 11.8. The van der Waals surface area contributed by atoms with Crippen LogP contribution in [0.25, 0.3) is 0 Å². The second kappa shape index (κ2) is 6.23. The van der Waals surface area contributed by atoms with E-state index in [1.165, 1.54) is 25.7 Å². The number of anilines is 1. The molecule has 4 nitrogen and oxygen atoms in total. The Balaban J connectivity index is 2.25. The fourth-order valence-electron chi connectivity index (χ4n) is 2.57. The fraction of sp³-hybridized carbons (Fsp3) is 0.692. The maximum absolute atomic E-state index is 5.92. The van der Waals surface area contributed by atoms with Gasteiger partial charge in [0.1, 0.15) is 11.6 Å². The zero-order valence-electron chi connectivity index (χ0n) is 11.0. The van der Waals surface area contributed by atoms with Gasteiger partial charge in [-0.3, -0.25) is 0 Å². The molecule has 0 amide bonds. The highest BCUT2D eigenvalue weighted by molar-refractivity contribution is 6.18. The van der Waals surface area contributed by atoms with E-state index in [-0.39, 0.29) is 0 Å². The number of aryl methyl sites for hydroxylation is 1. The van der Waals surface area contributed by atoms with Crippen LogP contribution in [0.4, 0.5) is 5.82 Å². The van der Waals surface area contributed by atoms with Gasteiger partial charge in [-0.25, -0.2) is 4.98 Å². The Hall–Kier alpha value is -1.03. The molecule has 0 spiro atoms. The maximum atomic E-state index is 5.92. The number of nitrogens with zero attached hydrogens (tertiary/aromatic N) is 3. The topological polar surface area (TPSA) is 38.2 Å². The summed E-state index contributed by atoms with van der Waals surface area (Å²) in [6, 6.07) is 2.46. The average molecular weight is 270 g/mol. The van der Waals surface area contributed by atoms with Gasteiger partial charge in [0.05, 0.1) is 7.11 Å². The molecule has 0 N–H and O–H groups in total. The summed E-state index contributed by atoms with van der Waals surface area (Å²) in [5.41, 5.74) is 0. The SMILES string of the molecule is COc1cc(N(CCCl)C2CCCC2)nc(C)n1. The Bertz CT molecular complexity index is 394. The second-order valence-electron chi connectivity index (χ2n) is 4.64. The summed E-state index contributed by atoms with van der Waals surface area (Å²) in [6.45, 7) is 2.71. The maximum Gasteiger partial charge on any atom is 0.218 e. The number of aromatic nitrogens is 2. The van der Waals surface area contributed by atoms with E-state index in [1.54, 1.807) is 7.11 Å². The lowest BCUT2D eigenvalue weighted by atomic mass is 10.2. The van der Waals surface area contributed by atoms with Crippen molar-refractivity contribution in [2.45, 2.75) is 38.6 Å². The van der Waals surface area contributed by atoms with Crippen molar-refractivity contribution in [2.24, 2.45) is 0 Å². The van der Waals surface area contributed by atoms with Gasteiger partial charge in [0, 0.05) is 24.5 Å². The van der Waals surface area contributed by atoms with E-state index in [9.17, 15) is 0 Å². The van der Waals surface area contributed by atoms with Crippen molar-refractivity contribution in [3.05, 3.63) is 11.9 Å². The molecule has 18 heavy (non-hydrogen) atoms. The quantitative estimate of drug-likeness (QED) is 0.771. The summed E-state index contributed by atoms with van der Waals surface area (Å²) in [7, 11) is 1.63. The van der Waals surface area contributed by atoms with Crippen molar-refractivity contribution in [2.75, 3.05) is 24.4 Å². The van der Waals surface area contributed by atoms with Crippen LogP contribution in [0.3, 0.4) is 0 Å². The fourth-order valence-corrected chi connectivity index (χ4v) is 2.75. The molecule has 0 unspecified atom stereocenters. The number of ether oxygens (including phenoxy) is 1. The van der Waals surface area contributed by atoms with Gasteiger partial charge in [0.25, 0.3) is 0 Å². The number of alkyl halides is 1. The Morgan fingerprint density at radius 2 is 2.11 bits per heavy atom. The molecule has 0 saturated heterocycles. The van der Waals surface area contributed by atoms with Gasteiger partial charge >= 0.3 is 0 Å². The van der Waals surface area contributed by atoms with Crippen molar-refractivity contribution in [1.82, 2.24) is 9.97 Å². The molecule has 100 valence electrons. The van der Waals surface area contributed by atoms with Crippen LogP contribution in [0.1, 0.15) is 31.5 Å². The number of halogens is 1. The third-order valence-electron chi connectivity index (χ3n) is 3.40. The highest BCUT2D eigenvalue weighted by Gasteiger charge is 2.24. The minimum absolute atomic E-state index is 0.558. The molecule has 0 atom stereocenters. The van der Waals surface area contributed by atoms with Crippen molar-refractivity contribution in [1.29, 1.82) is 0 Å². The number of methoxy groups -OCH3 is 1. The molecule has 1 saturated carbocycles. The van der Waals surface area contributed by atoms with Crippen LogP contribution < -0.4 is 9.64 Å². The second-order valence-corrected chi connectivity index (χ2v) is 5.01. The lowest BCUT2D eigenvalue weighted by molar-refractivity contribution is 0.395. The van der Waals surface area contributed by atoms with Gasteiger partial charge in [-0.1, -0.05) is 12.8 Å². The molecule has 5 heteroatoms. The van der Waals surface area contributed by atoms with Gasteiger partial charge in [0.2, 0.25) is 5.88 Å². The van der Waals surface area contributed by atoms with Crippen LogP contribution in [-0.4, -0.2) is 35.5 Å². The van der Waals surface area contributed by atoms with Crippen LogP contribution in [0.2, 0.25) is 0 Å². The standard InChI is InChI=1S/C13H20ClN3O/c1-10-15-12(9-13(16-10)18-2)17(8-7-14)11-5-3-4-6-11/h9,11H,3-8H2,1-2H3. The summed E-state index contributed by atoms with van der Waals surface area (Å²) in [5, 5.41) is 0. The molecule has 1 aliphatic rings. The van der Waals surface area contributed by atoms with Gasteiger partial charge in [-0.15, -0.1) is 11.6 Å². The van der Waals surface area contributed by atoms with Crippen LogP contribution in [0, 0.1) is 6.92 Å². The normalized spacial score (nSPS) is 15.9. The Morgan fingerprint density at radius 3 is 2.72 bits per heavy atom.